The molecule has 17 aromatic rings. The van der Waals surface area contributed by atoms with Crippen molar-refractivity contribution >= 4 is 32.3 Å². The van der Waals surface area contributed by atoms with Crippen molar-refractivity contribution in [1.82, 2.24) is 4.98 Å². The summed E-state index contributed by atoms with van der Waals surface area (Å²) < 4.78 is 5.34. The third-order valence-corrected chi connectivity index (χ3v) is 30.6. The zero-order valence-electron chi connectivity index (χ0n) is 93.8. The Bertz CT molecular complexity index is 6590. The SMILES string of the molecule is Cc1[nH]c(C)c(C)c1C.Cc1cc(C)c(C)cc1C.Cc1cc2cc(C)c(C)cc2cc1C.Cc1ccc(-c2ccc(C)c(C)c2)cc1C.Cc1ccc(C(C)(C)c2ccc(C)c(C)c2)cc1C.Cc1ccc(C)c2c(C)ccc(C)c12.Cc1ccc(Cc2ccc(C)c(C)c2)cc1C.Cc1ccc2c(C)c(C)ccc2c1C.Cc1cccc(Cc2cccc(C)c2C)c1C.Cc1oc(C)c(C)c1C. The van der Waals surface area contributed by atoms with Gasteiger partial charge in [-0.15, -0.1) is 0 Å². The molecule has 0 aliphatic carbocycles. The highest BCUT2D eigenvalue weighted by Gasteiger charge is 2.24. The molecule has 0 radical (unpaired) electrons. The summed E-state index contributed by atoms with van der Waals surface area (Å²) in [6.07, 6.45) is 2.07. The third-order valence-electron chi connectivity index (χ3n) is 30.6. The van der Waals surface area contributed by atoms with Crippen molar-refractivity contribution in [2.75, 3.05) is 0 Å². The van der Waals surface area contributed by atoms with Crippen molar-refractivity contribution in [2.45, 2.75) is 309 Å². The van der Waals surface area contributed by atoms with Gasteiger partial charge in [0.2, 0.25) is 0 Å². The smallest absolute Gasteiger partial charge is 0.104 e. The van der Waals surface area contributed by atoms with Crippen LogP contribution >= 0.6 is 0 Å². The molecule has 139 heavy (non-hydrogen) atoms. The number of benzene rings is 15. The van der Waals surface area contributed by atoms with Crippen LogP contribution in [0.2, 0.25) is 0 Å². The van der Waals surface area contributed by atoms with Gasteiger partial charge in [0.1, 0.15) is 11.5 Å². The van der Waals surface area contributed by atoms with Gasteiger partial charge in [0.25, 0.3) is 0 Å². The van der Waals surface area contributed by atoms with Crippen molar-refractivity contribution in [3.05, 3.63) is 487 Å². The Balaban J connectivity index is 0.000000191. The number of nitrogens with one attached hydrogen (secondary N) is 1. The van der Waals surface area contributed by atoms with Gasteiger partial charge >= 0.3 is 0 Å². The minimum atomic E-state index is 0.0525. The lowest BCUT2D eigenvalue weighted by Gasteiger charge is -2.27. The first-order valence-corrected chi connectivity index (χ1v) is 50.3. The van der Waals surface area contributed by atoms with E-state index in [-0.39, 0.29) is 5.41 Å². The lowest BCUT2D eigenvalue weighted by atomic mass is 9.76. The van der Waals surface area contributed by atoms with E-state index < -0.39 is 0 Å². The van der Waals surface area contributed by atoms with Crippen LogP contribution in [0.3, 0.4) is 0 Å². The predicted molar refractivity (Wildman–Crippen MR) is 616 cm³/mol. The summed E-state index contributed by atoms with van der Waals surface area (Å²) in [7, 11) is 0. The fourth-order valence-corrected chi connectivity index (χ4v) is 17.6. The van der Waals surface area contributed by atoms with Gasteiger partial charge in [-0.3, -0.25) is 0 Å². The lowest BCUT2D eigenvalue weighted by Crippen LogP contribution is -2.19. The summed E-state index contributed by atoms with van der Waals surface area (Å²) in [6.45, 7) is 90.9. The van der Waals surface area contributed by atoms with E-state index in [0.717, 1.165) is 24.4 Å². The first-order valence-electron chi connectivity index (χ1n) is 50.3. The average molecular weight is 1850 g/mol. The standard InChI is InChI=1S/C19H24.2C17H20.C16H18.3C14H16.C10H14.C8H13N.C8H12O/c1-13-7-9-17(11-15(13)3)19(5,6)18-10-8-14(2)16(4)12-18;1-12-5-7-16(9-14(12)3)11-17-8-6-13(2)15(4)10-17;1-12-7-5-9-16(14(12)3)11-17-10-6-8-13(2)15(17)4;1-11-5-7-15(9-13(11)3)16-8-6-12(2)14(4)10-16;1-9-5-13-7-11(3)12(4)8-14(13)6-10(9)2;1-9-5-7-14-12(4)10(2)6-8-13(14)11(9)3;1-9-5-6-11(3)14-12(4)8-7-10(2)13(9)14;1-7-5-9(3)10(4)6-8(7)2;2*1-5-6(2)8(4)9-7(5)3/h7-12H,1-6H3;2*5-10H,11H2,1-4H3;5-10H,1-4H3;3*5-8H,1-4H3;5-6H,1-4H3;9H,1-4H3;1-4H3. The molecule has 0 atom stereocenters. The fourth-order valence-electron chi connectivity index (χ4n) is 17.6. The second-order valence-electron chi connectivity index (χ2n) is 41.3. The van der Waals surface area contributed by atoms with Gasteiger partial charge in [-0.25, -0.2) is 0 Å². The molecule has 2 nitrogen and oxygen atoms in total. The molecule has 2 heterocycles. The van der Waals surface area contributed by atoms with Crippen LogP contribution in [-0.4, -0.2) is 4.98 Å². The molecule has 0 bridgehead atoms. The van der Waals surface area contributed by atoms with E-state index in [1.165, 1.54) is 288 Å². The summed E-state index contributed by atoms with van der Waals surface area (Å²) in [5, 5.41) is 8.38. The first kappa shape index (κ1) is 112. The summed E-state index contributed by atoms with van der Waals surface area (Å²) in [5.41, 5.74) is 63.2. The van der Waals surface area contributed by atoms with Gasteiger partial charge in [-0.2, -0.15) is 0 Å². The minimum Gasteiger partial charge on any atom is -0.466 e. The normalized spacial score (nSPS) is 10.7. The van der Waals surface area contributed by atoms with Gasteiger partial charge in [0, 0.05) is 16.8 Å². The molecular formula is C137H169NO. The molecule has 2 heteroatoms. The van der Waals surface area contributed by atoms with Gasteiger partial charge < -0.3 is 9.40 Å². The predicted octanol–water partition coefficient (Wildman–Crippen LogP) is 38.8. The Morgan fingerprint density at radius 1 is 0.194 bits per heavy atom. The largest absolute Gasteiger partial charge is 0.466 e. The third kappa shape index (κ3) is 29.9. The van der Waals surface area contributed by atoms with E-state index in [1.807, 2.05) is 13.8 Å². The number of hydrogen-bond acceptors (Lipinski definition) is 1. The second-order valence-corrected chi connectivity index (χ2v) is 41.3. The molecule has 15 aromatic carbocycles. The Morgan fingerprint density at radius 2 is 0.446 bits per heavy atom. The molecule has 728 valence electrons. The monoisotopic (exact) mass is 1840 g/mol. The molecule has 0 amide bonds. The summed E-state index contributed by atoms with van der Waals surface area (Å²) >= 11 is 0. The van der Waals surface area contributed by atoms with Crippen molar-refractivity contribution in [3.8, 4) is 11.1 Å². The van der Waals surface area contributed by atoms with E-state index in [4.69, 9.17) is 4.42 Å². The number of rotatable bonds is 7. The summed E-state index contributed by atoms with van der Waals surface area (Å²) in [4.78, 5) is 3.28. The molecule has 0 saturated heterocycles. The molecule has 0 spiro atoms. The van der Waals surface area contributed by atoms with Crippen LogP contribution in [0.4, 0.5) is 0 Å². The molecule has 1 N–H and O–H groups in total. The number of aromatic amines is 1. The highest BCUT2D eigenvalue weighted by Crippen LogP contribution is 2.36. The number of aryl methyl sites for hydroxylation is 34. The van der Waals surface area contributed by atoms with Gasteiger partial charge in [0.15, 0.2) is 0 Å². The average Bonchev–Trinajstić information content (AvgIpc) is 1.19. The van der Waals surface area contributed by atoms with E-state index >= 15 is 0 Å². The van der Waals surface area contributed by atoms with E-state index in [2.05, 4.69) is 512 Å². The van der Waals surface area contributed by atoms with Crippen LogP contribution in [0.15, 0.2) is 235 Å². The van der Waals surface area contributed by atoms with Crippen LogP contribution in [0.1, 0.15) is 270 Å². The zero-order chi connectivity index (χ0) is 103. The Kier molecular flexibility index (Phi) is 40.2. The number of H-pyrrole nitrogens is 1. The first-order chi connectivity index (χ1) is 65.2. The van der Waals surface area contributed by atoms with Gasteiger partial charge in [-0.1, -0.05) is 244 Å². The zero-order valence-corrected chi connectivity index (χ0v) is 93.8. The van der Waals surface area contributed by atoms with E-state index in [0.29, 0.717) is 0 Å². The van der Waals surface area contributed by atoms with E-state index in [1.54, 1.807) is 0 Å². The molecule has 0 saturated carbocycles. The molecule has 0 aliphatic heterocycles. The van der Waals surface area contributed by atoms with Gasteiger partial charge in [-0.05, 0) is 567 Å². The topological polar surface area (TPSA) is 28.9 Å². The number of fused-ring (bicyclic) bond motifs is 3. The highest BCUT2D eigenvalue weighted by atomic mass is 16.3. The van der Waals surface area contributed by atoms with Crippen LogP contribution in [0.25, 0.3) is 43.4 Å². The number of furan rings is 1. The number of aromatic nitrogens is 1. The molecule has 0 fully saturated rings. The lowest BCUT2D eigenvalue weighted by molar-refractivity contribution is 0.501. The van der Waals surface area contributed by atoms with Crippen molar-refractivity contribution in [2.24, 2.45) is 0 Å². The summed E-state index contributed by atoms with van der Waals surface area (Å²) in [6, 6.07) is 84.9. The van der Waals surface area contributed by atoms with E-state index in [9.17, 15) is 0 Å². The summed E-state index contributed by atoms with van der Waals surface area (Å²) in [5.74, 6) is 2.09. The van der Waals surface area contributed by atoms with Crippen molar-refractivity contribution in [3.63, 3.8) is 0 Å². The van der Waals surface area contributed by atoms with Gasteiger partial charge in [0.05, 0.1) is 0 Å². The quantitative estimate of drug-likeness (QED) is 0.169. The molecule has 17 rings (SSSR count). The minimum absolute atomic E-state index is 0.0525. The molecule has 0 unspecified atom stereocenters. The molecular weight excluding hydrogens is 1680 g/mol. The fraction of sp³-hybridized carbons (Fsp3) is 0.328. The molecule has 2 aromatic heterocycles. The van der Waals surface area contributed by atoms with Crippen LogP contribution < -0.4 is 0 Å². The second kappa shape index (κ2) is 50.0. The Hall–Kier alpha value is -12.4. The van der Waals surface area contributed by atoms with Crippen LogP contribution in [0.5, 0.6) is 0 Å². The maximum atomic E-state index is 5.34. The van der Waals surface area contributed by atoms with Crippen LogP contribution in [-0.2, 0) is 18.3 Å². The Labute approximate surface area is 843 Å². The van der Waals surface area contributed by atoms with Crippen LogP contribution in [0, 0.1) is 277 Å². The maximum absolute atomic E-state index is 5.34. The maximum Gasteiger partial charge on any atom is 0.104 e. The van der Waals surface area contributed by atoms with Crippen molar-refractivity contribution in [1.29, 1.82) is 0 Å². The highest BCUT2D eigenvalue weighted by molar-refractivity contribution is 5.94. The molecule has 0 aliphatic rings. The number of hydrogen-bond donors (Lipinski definition) is 1. The Morgan fingerprint density at radius 3 is 0.712 bits per heavy atom. The van der Waals surface area contributed by atoms with Crippen molar-refractivity contribution < 1.29 is 4.42 Å².